The topological polar surface area (TPSA) is 92.4 Å². The molecule has 1 rings (SSSR count). The van der Waals surface area contributed by atoms with Gasteiger partial charge >= 0.3 is 11.9 Å². The zero-order chi connectivity index (χ0) is 10.6. The Kier molecular flexibility index (Phi) is 5.40. The first kappa shape index (κ1) is 13.4. The number of carboxylic acids is 2. The van der Waals surface area contributed by atoms with E-state index in [1.807, 2.05) is 0 Å². The first-order chi connectivity index (χ1) is 6.59. The Morgan fingerprint density at radius 2 is 1.80 bits per heavy atom. The van der Waals surface area contributed by atoms with Crippen molar-refractivity contribution in [3.63, 3.8) is 0 Å². The fourth-order valence-electron chi connectivity index (χ4n) is 1.17. The van der Waals surface area contributed by atoms with Crippen LogP contribution >= 0.6 is 12.4 Å². The molecule has 0 bridgehead atoms. The minimum atomic E-state index is -1.02. The molecule has 0 spiro atoms. The van der Waals surface area contributed by atoms with Crippen LogP contribution in [-0.4, -0.2) is 31.7 Å². The summed E-state index contributed by atoms with van der Waals surface area (Å²) in [6.45, 7) is 0. The number of carbonyl (C=O) groups is 2. The van der Waals surface area contributed by atoms with Gasteiger partial charge in [0, 0.05) is 12.4 Å². The highest BCUT2D eigenvalue weighted by molar-refractivity contribution is 5.85. The van der Waals surface area contributed by atoms with Crippen molar-refractivity contribution >= 4 is 24.3 Å². The van der Waals surface area contributed by atoms with Crippen molar-refractivity contribution in [3.8, 4) is 0 Å². The lowest BCUT2D eigenvalue weighted by Crippen LogP contribution is -2.16. The van der Waals surface area contributed by atoms with E-state index in [-0.39, 0.29) is 25.2 Å². The molecule has 0 saturated carbocycles. The molecule has 2 N–H and O–H groups in total. The summed E-state index contributed by atoms with van der Waals surface area (Å²) in [5.41, 5.74) is 0. The van der Waals surface area contributed by atoms with Crippen LogP contribution in [0, 0.1) is 0 Å². The molecular formula is C8H11ClN2O4. The van der Waals surface area contributed by atoms with Gasteiger partial charge in [0.25, 0.3) is 0 Å². The SMILES string of the molecule is Cl.O=C(O)CC(CC(=O)O)n1ccnc1. The van der Waals surface area contributed by atoms with Crippen molar-refractivity contribution in [2.24, 2.45) is 0 Å². The predicted octanol–water partition coefficient (Wildman–Crippen LogP) is 0.795. The van der Waals surface area contributed by atoms with Crippen LogP contribution < -0.4 is 0 Å². The highest BCUT2D eigenvalue weighted by Crippen LogP contribution is 2.15. The quantitative estimate of drug-likeness (QED) is 0.786. The van der Waals surface area contributed by atoms with Gasteiger partial charge in [0.2, 0.25) is 0 Å². The van der Waals surface area contributed by atoms with E-state index in [9.17, 15) is 9.59 Å². The lowest BCUT2D eigenvalue weighted by molar-refractivity contribution is -0.140. The third kappa shape index (κ3) is 4.46. The molecule has 0 aromatic carbocycles. The maximum absolute atomic E-state index is 10.5. The molecule has 0 amide bonds. The van der Waals surface area contributed by atoms with Crippen molar-refractivity contribution in [1.82, 2.24) is 9.55 Å². The Bertz CT molecular complexity index is 309. The number of aromatic nitrogens is 2. The van der Waals surface area contributed by atoms with E-state index in [1.54, 1.807) is 6.20 Å². The maximum atomic E-state index is 10.5. The Balaban J connectivity index is 0.00000196. The van der Waals surface area contributed by atoms with Gasteiger partial charge < -0.3 is 14.8 Å². The fraction of sp³-hybridized carbons (Fsp3) is 0.375. The van der Waals surface area contributed by atoms with Gasteiger partial charge in [-0.05, 0) is 0 Å². The molecule has 0 radical (unpaired) electrons. The molecule has 84 valence electrons. The summed E-state index contributed by atoms with van der Waals surface area (Å²) in [4.78, 5) is 24.7. The number of halogens is 1. The molecule has 1 aromatic rings. The Labute approximate surface area is 92.0 Å². The number of carboxylic acid groups (broad SMARTS) is 2. The Morgan fingerprint density at radius 3 is 2.13 bits per heavy atom. The number of aliphatic carboxylic acids is 2. The van der Waals surface area contributed by atoms with Crippen LogP contribution in [0.2, 0.25) is 0 Å². The van der Waals surface area contributed by atoms with Gasteiger partial charge in [-0.2, -0.15) is 0 Å². The van der Waals surface area contributed by atoms with Crippen LogP contribution in [0.5, 0.6) is 0 Å². The molecule has 0 aliphatic heterocycles. The lowest BCUT2D eigenvalue weighted by atomic mass is 10.1. The molecule has 0 unspecified atom stereocenters. The van der Waals surface area contributed by atoms with E-state index in [2.05, 4.69) is 4.98 Å². The summed E-state index contributed by atoms with van der Waals surface area (Å²) in [5.74, 6) is -2.05. The van der Waals surface area contributed by atoms with E-state index in [4.69, 9.17) is 10.2 Å². The maximum Gasteiger partial charge on any atom is 0.305 e. The lowest BCUT2D eigenvalue weighted by Gasteiger charge is -2.13. The number of nitrogens with zero attached hydrogens (tertiary/aromatic N) is 2. The van der Waals surface area contributed by atoms with E-state index >= 15 is 0 Å². The molecule has 0 fully saturated rings. The van der Waals surface area contributed by atoms with Gasteiger partial charge in [-0.15, -0.1) is 12.4 Å². The average Bonchev–Trinajstić information content (AvgIpc) is 2.52. The summed E-state index contributed by atoms with van der Waals surface area (Å²) in [6.07, 6.45) is 4.01. The second kappa shape index (κ2) is 6.02. The third-order valence-corrected chi connectivity index (χ3v) is 1.77. The standard InChI is InChI=1S/C8H10N2O4.ClH/c11-7(12)3-6(4-8(13)14)10-2-1-9-5-10;/h1-2,5-6H,3-4H2,(H,11,12)(H,13,14);1H. The van der Waals surface area contributed by atoms with Gasteiger partial charge in [0.05, 0.1) is 25.2 Å². The molecule has 0 aliphatic carbocycles. The largest absolute Gasteiger partial charge is 0.481 e. The highest BCUT2D eigenvalue weighted by Gasteiger charge is 2.17. The third-order valence-electron chi connectivity index (χ3n) is 1.77. The Morgan fingerprint density at radius 1 is 1.27 bits per heavy atom. The van der Waals surface area contributed by atoms with Gasteiger partial charge in [0.15, 0.2) is 0 Å². The molecule has 0 saturated heterocycles. The zero-order valence-electron chi connectivity index (χ0n) is 7.74. The van der Waals surface area contributed by atoms with Crippen molar-refractivity contribution in [1.29, 1.82) is 0 Å². The van der Waals surface area contributed by atoms with E-state index < -0.39 is 18.0 Å². The van der Waals surface area contributed by atoms with Gasteiger partial charge in [0.1, 0.15) is 0 Å². The molecule has 7 heteroatoms. The summed E-state index contributed by atoms with van der Waals surface area (Å²) >= 11 is 0. The fourth-order valence-corrected chi connectivity index (χ4v) is 1.17. The van der Waals surface area contributed by atoms with E-state index in [1.165, 1.54) is 17.1 Å². The number of rotatable bonds is 5. The van der Waals surface area contributed by atoms with E-state index in [0.29, 0.717) is 0 Å². The molecule has 6 nitrogen and oxygen atoms in total. The molecular weight excluding hydrogens is 224 g/mol. The van der Waals surface area contributed by atoms with Crippen molar-refractivity contribution in [3.05, 3.63) is 18.7 Å². The molecule has 0 aliphatic rings. The van der Waals surface area contributed by atoms with Crippen LogP contribution in [0.3, 0.4) is 0 Å². The first-order valence-electron chi connectivity index (χ1n) is 4.00. The monoisotopic (exact) mass is 234 g/mol. The molecule has 1 heterocycles. The smallest absolute Gasteiger partial charge is 0.305 e. The number of imidazole rings is 1. The van der Waals surface area contributed by atoms with Crippen molar-refractivity contribution < 1.29 is 19.8 Å². The second-order valence-corrected chi connectivity index (χ2v) is 2.86. The Hall–Kier alpha value is -1.56. The average molecular weight is 235 g/mol. The minimum Gasteiger partial charge on any atom is -0.481 e. The molecule has 1 aromatic heterocycles. The van der Waals surface area contributed by atoms with Crippen molar-refractivity contribution in [2.75, 3.05) is 0 Å². The number of hydrogen-bond acceptors (Lipinski definition) is 3. The minimum absolute atomic E-state index is 0. The predicted molar refractivity (Wildman–Crippen MR) is 53.0 cm³/mol. The van der Waals surface area contributed by atoms with Gasteiger partial charge in [-0.25, -0.2) is 4.98 Å². The van der Waals surface area contributed by atoms with Crippen LogP contribution in [0.15, 0.2) is 18.7 Å². The molecule has 15 heavy (non-hydrogen) atoms. The van der Waals surface area contributed by atoms with Gasteiger partial charge in [-0.1, -0.05) is 0 Å². The summed E-state index contributed by atoms with van der Waals surface area (Å²) in [6, 6.07) is -0.576. The summed E-state index contributed by atoms with van der Waals surface area (Å²) < 4.78 is 1.49. The highest BCUT2D eigenvalue weighted by atomic mass is 35.5. The first-order valence-corrected chi connectivity index (χ1v) is 4.00. The van der Waals surface area contributed by atoms with Crippen LogP contribution in [-0.2, 0) is 9.59 Å². The normalized spacial score (nSPS) is 9.67. The second-order valence-electron chi connectivity index (χ2n) is 2.86. The summed E-state index contributed by atoms with van der Waals surface area (Å²) in [7, 11) is 0. The summed E-state index contributed by atoms with van der Waals surface area (Å²) in [5, 5.41) is 17.1. The zero-order valence-corrected chi connectivity index (χ0v) is 8.55. The number of hydrogen-bond donors (Lipinski definition) is 2. The van der Waals surface area contributed by atoms with Crippen molar-refractivity contribution in [2.45, 2.75) is 18.9 Å². The van der Waals surface area contributed by atoms with E-state index in [0.717, 1.165) is 0 Å². The van der Waals surface area contributed by atoms with Crippen LogP contribution in [0.25, 0.3) is 0 Å². The van der Waals surface area contributed by atoms with Crippen LogP contribution in [0.1, 0.15) is 18.9 Å². The van der Waals surface area contributed by atoms with Gasteiger partial charge in [-0.3, -0.25) is 9.59 Å². The van der Waals surface area contributed by atoms with Crippen LogP contribution in [0.4, 0.5) is 0 Å². The molecule has 0 atom stereocenters.